The van der Waals surface area contributed by atoms with E-state index in [9.17, 15) is 9.59 Å². The van der Waals surface area contributed by atoms with Gasteiger partial charge in [0.15, 0.2) is 5.12 Å². The molecule has 0 aliphatic heterocycles. The molecule has 0 aromatic heterocycles. The summed E-state index contributed by atoms with van der Waals surface area (Å²) >= 11 is 1.37. The van der Waals surface area contributed by atoms with Crippen molar-refractivity contribution in [3.8, 4) is 0 Å². The number of carbonyl (C=O) groups excluding carboxylic acids is 2. The maximum Gasteiger partial charge on any atom is 0.308 e. The first-order valence-electron chi connectivity index (χ1n) is 6.99. The highest BCUT2D eigenvalue weighted by atomic mass is 32.2. The zero-order valence-corrected chi connectivity index (χ0v) is 12.5. The quantitative estimate of drug-likeness (QED) is 0.798. The van der Waals surface area contributed by atoms with E-state index in [0.717, 1.165) is 24.8 Å². The summed E-state index contributed by atoms with van der Waals surface area (Å²) in [6.45, 7) is 0. The first kappa shape index (κ1) is 15.1. The molecule has 0 spiro atoms. The molecule has 1 saturated carbocycles. The molecule has 1 aromatic rings. The van der Waals surface area contributed by atoms with Crippen molar-refractivity contribution >= 4 is 22.8 Å². The van der Waals surface area contributed by atoms with E-state index < -0.39 is 0 Å². The van der Waals surface area contributed by atoms with Gasteiger partial charge in [-0.1, -0.05) is 48.5 Å². The van der Waals surface area contributed by atoms with E-state index in [-0.39, 0.29) is 22.9 Å². The van der Waals surface area contributed by atoms with Crippen molar-refractivity contribution in [3.63, 3.8) is 0 Å². The number of thioether (sulfide) groups is 1. The summed E-state index contributed by atoms with van der Waals surface area (Å²) in [5.74, 6) is 0.441. The largest absolute Gasteiger partial charge is 0.469 e. The van der Waals surface area contributed by atoms with E-state index >= 15 is 0 Å². The Morgan fingerprint density at radius 1 is 1.20 bits per heavy atom. The van der Waals surface area contributed by atoms with Gasteiger partial charge in [0.05, 0.1) is 13.0 Å². The molecule has 3 nitrogen and oxygen atoms in total. The topological polar surface area (TPSA) is 43.4 Å². The summed E-state index contributed by atoms with van der Waals surface area (Å²) in [7, 11) is 1.41. The van der Waals surface area contributed by atoms with Crippen LogP contribution in [0.1, 0.15) is 31.2 Å². The van der Waals surface area contributed by atoms with E-state index in [4.69, 9.17) is 4.74 Å². The van der Waals surface area contributed by atoms with Crippen LogP contribution in [0.5, 0.6) is 0 Å². The molecule has 1 aliphatic carbocycles. The first-order chi connectivity index (χ1) is 9.70. The van der Waals surface area contributed by atoms with Crippen LogP contribution < -0.4 is 0 Å². The second kappa shape index (κ2) is 7.48. The SMILES string of the molecule is COC(=O)[C@@H]1CCC[C@H](C(=O)SCc2ccccc2)C1. The van der Waals surface area contributed by atoms with Crippen molar-refractivity contribution in [3.05, 3.63) is 35.9 Å². The van der Waals surface area contributed by atoms with Crippen LogP contribution in [0.3, 0.4) is 0 Å². The van der Waals surface area contributed by atoms with Gasteiger partial charge in [-0.3, -0.25) is 9.59 Å². The lowest BCUT2D eigenvalue weighted by atomic mass is 9.82. The molecule has 20 heavy (non-hydrogen) atoms. The minimum atomic E-state index is -0.171. The highest BCUT2D eigenvalue weighted by molar-refractivity contribution is 8.13. The van der Waals surface area contributed by atoms with Crippen molar-refractivity contribution in [2.75, 3.05) is 7.11 Å². The molecule has 1 fully saturated rings. The molecular weight excluding hydrogens is 272 g/mol. The molecule has 108 valence electrons. The van der Waals surface area contributed by atoms with Gasteiger partial charge in [-0.05, 0) is 24.8 Å². The van der Waals surface area contributed by atoms with Gasteiger partial charge in [-0.25, -0.2) is 0 Å². The third-order valence-electron chi connectivity index (χ3n) is 3.77. The van der Waals surface area contributed by atoms with Crippen LogP contribution in [0.4, 0.5) is 0 Å². The van der Waals surface area contributed by atoms with Gasteiger partial charge in [0, 0.05) is 11.7 Å². The maximum absolute atomic E-state index is 12.2. The molecule has 0 bridgehead atoms. The molecule has 0 amide bonds. The number of carbonyl (C=O) groups is 2. The Kier molecular flexibility index (Phi) is 5.65. The lowest BCUT2D eigenvalue weighted by Gasteiger charge is -2.26. The second-order valence-corrected chi connectivity index (χ2v) is 6.16. The van der Waals surface area contributed by atoms with Crippen molar-refractivity contribution in [2.24, 2.45) is 11.8 Å². The second-order valence-electron chi connectivity index (χ2n) is 5.18. The Bertz CT molecular complexity index is 458. The Hall–Kier alpha value is -1.29. The predicted octanol–water partition coefficient (Wildman–Crippen LogP) is 3.43. The third-order valence-corrected chi connectivity index (χ3v) is 4.86. The van der Waals surface area contributed by atoms with E-state index in [1.54, 1.807) is 0 Å². The van der Waals surface area contributed by atoms with Crippen molar-refractivity contribution in [1.82, 2.24) is 0 Å². The number of methoxy groups -OCH3 is 1. The molecular formula is C16H20O3S. The Labute approximate surface area is 124 Å². The average Bonchev–Trinajstić information content (AvgIpc) is 2.53. The van der Waals surface area contributed by atoms with E-state index in [1.165, 1.54) is 18.9 Å². The lowest BCUT2D eigenvalue weighted by molar-refractivity contribution is -0.147. The van der Waals surface area contributed by atoms with Gasteiger partial charge >= 0.3 is 5.97 Å². The smallest absolute Gasteiger partial charge is 0.308 e. The van der Waals surface area contributed by atoms with Gasteiger partial charge < -0.3 is 4.74 Å². The summed E-state index contributed by atoms with van der Waals surface area (Å²) in [4.78, 5) is 23.8. The van der Waals surface area contributed by atoms with Gasteiger partial charge in [0.1, 0.15) is 0 Å². The molecule has 0 unspecified atom stereocenters. The molecule has 2 atom stereocenters. The molecule has 0 radical (unpaired) electrons. The Morgan fingerprint density at radius 3 is 2.60 bits per heavy atom. The molecule has 0 saturated heterocycles. The van der Waals surface area contributed by atoms with E-state index in [0.29, 0.717) is 12.2 Å². The number of hydrogen-bond acceptors (Lipinski definition) is 4. The van der Waals surface area contributed by atoms with Crippen LogP contribution in [-0.2, 0) is 20.1 Å². The summed E-state index contributed by atoms with van der Waals surface area (Å²) in [5, 5.41) is 0.211. The van der Waals surface area contributed by atoms with Crippen molar-refractivity contribution in [1.29, 1.82) is 0 Å². The molecule has 0 N–H and O–H groups in total. The first-order valence-corrected chi connectivity index (χ1v) is 7.97. The summed E-state index contributed by atoms with van der Waals surface area (Å²) < 4.78 is 4.79. The Balaban J connectivity index is 1.84. The standard InChI is InChI=1S/C16H20O3S/c1-19-15(17)13-8-5-9-14(10-13)16(18)20-11-12-6-3-2-4-7-12/h2-4,6-7,13-14H,5,8-11H2,1H3/t13-,14+/m1/s1. The molecule has 1 aliphatic rings. The van der Waals surface area contributed by atoms with Gasteiger partial charge in [-0.2, -0.15) is 0 Å². The van der Waals surface area contributed by atoms with Gasteiger partial charge in [-0.15, -0.1) is 0 Å². The summed E-state index contributed by atoms with van der Waals surface area (Å²) in [6, 6.07) is 9.98. The number of benzene rings is 1. The minimum Gasteiger partial charge on any atom is -0.469 e. The Morgan fingerprint density at radius 2 is 1.90 bits per heavy atom. The van der Waals surface area contributed by atoms with Gasteiger partial charge in [0.25, 0.3) is 0 Å². The van der Waals surface area contributed by atoms with Gasteiger partial charge in [0.2, 0.25) is 0 Å². The van der Waals surface area contributed by atoms with Crippen LogP contribution in [-0.4, -0.2) is 18.2 Å². The molecule has 0 heterocycles. The number of rotatable bonds is 4. The van der Waals surface area contributed by atoms with Crippen LogP contribution >= 0.6 is 11.8 Å². The van der Waals surface area contributed by atoms with Crippen molar-refractivity contribution in [2.45, 2.75) is 31.4 Å². The summed E-state index contributed by atoms with van der Waals surface area (Å²) in [5.41, 5.74) is 1.16. The zero-order valence-electron chi connectivity index (χ0n) is 11.7. The van der Waals surface area contributed by atoms with E-state index in [1.807, 2.05) is 30.3 Å². The monoisotopic (exact) mass is 292 g/mol. The van der Waals surface area contributed by atoms with Crippen LogP contribution in [0, 0.1) is 11.8 Å². The summed E-state index contributed by atoms with van der Waals surface area (Å²) in [6.07, 6.45) is 3.32. The van der Waals surface area contributed by atoms with Crippen LogP contribution in [0.25, 0.3) is 0 Å². The molecule has 2 rings (SSSR count). The average molecular weight is 292 g/mol. The number of hydrogen-bond donors (Lipinski definition) is 0. The van der Waals surface area contributed by atoms with E-state index in [2.05, 4.69) is 0 Å². The minimum absolute atomic E-state index is 0.00145. The third kappa shape index (κ3) is 4.10. The number of ether oxygens (including phenoxy) is 1. The fraction of sp³-hybridized carbons (Fsp3) is 0.500. The highest BCUT2D eigenvalue weighted by Gasteiger charge is 2.31. The molecule has 1 aromatic carbocycles. The normalized spacial score (nSPS) is 22.2. The maximum atomic E-state index is 12.2. The number of esters is 1. The fourth-order valence-electron chi connectivity index (χ4n) is 2.63. The highest BCUT2D eigenvalue weighted by Crippen LogP contribution is 2.33. The lowest BCUT2D eigenvalue weighted by Crippen LogP contribution is -2.27. The van der Waals surface area contributed by atoms with Crippen LogP contribution in [0.2, 0.25) is 0 Å². The van der Waals surface area contributed by atoms with Crippen LogP contribution in [0.15, 0.2) is 30.3 Å². The molecule has 4 heteroatoms. The fourth-order valence-corrected chi connectivity index (χ4v) is 3.58. The zero-order chi connectivity index (χ0) is 14.4. The van der Waals surface area contributed by atoms with Crippen molar-refractivity contribution < 1.29 is 14.3 Å². The predicted molar refractivity (Wildman–Crippen MR) is 80.2 cm³/mol.